The van der Waals surface area contributed by atoms with Gasteiger partial charge in [0.15, 0.2) is 0 Å². The molecule has 0 amide bonds. The normalized spacial score (nSPS) is 10.5. The van der Waals surface area contributed by atoms with Gasteiger partial charge in [-0.1, -0.05) is 12.2 Å². The third kappa shape index (κ3) is 9.50. The molecule has 0 aliphatic heterocycles. The molecule has 3 heteroatoms. The maximum Gasteiger partial charge on any atom is 0.302 e. The monoisotopic (exact) mass is 190 g/mol. The first-order valence-corrected chi connectivity index (χ1v) is 4.65. The molecule has 0 aromatic rings. The topological polar surface area (TPSA) is 26.3 Å². The lowest BCUT2D eigenvalue weighted by Crippen LogP contribution is -1.99. The van der Waals surface area contributed by atoms with Crippen LogP contribution in [0.3, 0.4) is 0 Å². The van der Waals surface area contributed by atoms with E-state index in [0.717, 1.165) is 19.3 Å². The van der Waals surface area contributed by atoms with Crippen molar-refractivity contribution in [2.45, 2.75) is 26.2 Å². The van der Waals surface area contributed by atoms with Crippen molar-refractivity contribution in [2.75, 3.05) is 12.5 Å². The van der Waals surface area contributed by atoms with Crippen LogP contribution in [0.1, 0.15) is 26.2 Å². The second kappa shape index (κ2) is 8.60. The van der Waals surface area contributed by atoms with Gasteiger partial charge in [-0.2, -0.15) is 0 Å². The quantitative estimate of drug-likeness (QED) is 0.279. The Kier molecular flexibility index (Phi) is 8.24. The molecule has 12 heavy (non-hydrogen) atoms. The average Bonchev–Trinajstić information content (AvgIpc) is 2.02. The van der Waals surface area contributed by atoms with Gasteiger partial charge in [0.05, 0.1) is 6.61 Å². The van der Waals surface area contributed by atoms with Gasteiger partial charge in [-0.15, -0.1) is 11.6 Å². The van der Waals surface area contributed by atoms with E-state index in [-0.39, 0.29) is 5.97 Å². The molecule has 0 atom stereocenters. The third-order valence-corrected chi connectivity index (χ3v) is 1.48. The zero-order valence-electron chi connectivity index (χ0n) is 7.38. The lowest BCUT2D eigenvalue weighted by atomic mass is 10.3. The van der Waals surface area contributed by atoms with Gasteiger partial charge in [-0.05, 0) is 19.3 Å². The van der Waals surface area contributed by atoms with Gasteiger partial charge in [0.1, 0.15) is 0 Å². The van der Waals surface area contributed by atoms with Gasteiger partial charge < -0.3 is 4.74 Å². The fraction of sp³-hybridized carbons (Fsp3) is 0.667. The van der Waals surface area contributed by atoms with Crippen LogP contribution in [-0.4, -0.2) is 18.5 Å². The number of alkyl halides is 1. The molecule has 0 radical (unpaired) electrons. The van der Waals surface area contributed by atoms with Crippen LogP contribution in [0.2, 0.25) is 0 Å². The molecule has 0 saturated carbocycles. The number of hydrogen-bond donors (Lipinski definition) is 0. The fourth-order valence-electron chi connectivity index (χ4n) is 0.716. The Balaban J connectivity index is 3.05. The standard InChI is InChI=1S/C9H15ClO2/c1-9(11)12-8-6-4-2-3-5-7-10/h2-3H,4-8H2,1H3/b3-2-. The number of allylic oxidation sites excluding steroid dienone is 2. The summed E-state index contributed by atoms with van der Waals surface area (Å²) >= 11 is 5.46. The van der Waals surface area contributed by atoms with Gasteiger partial charge in [-0.3, -0.25) is 4.79 Å². The molecule has 0 unspecified atom stereocenters. The molecule has 0 aromatic carbocycles. The van der Waals surface area contributed by atoms with E-state index >= 15 is 0 Å². The number of hydrogen-bond acceptors (Lipinski definition) is 2. The van der Waals surface area contributed by atoms with Gasteiger partial charge in [-0.25, -0.2) is 0 Å². The number of ether oxygens (including phenoxy) is 1. The van der Waals surface area contributed by atoms with Crippen LogP contribution in [-0.2, 0) is 9.53 Å². The largest absolute Gasteiger partial charge is 0.466 e. The van der Waals surface area contributed by atoms with E-state index in [0.29, 0.717) is 12.5 Å². The minimum atomic E-state index is -0.209. The summed E-state index contributed by atoms with van der Waals surface area (Å²) in [5.74, 6) is 0.459. The summed E-state index contributed by atoms with van der Waals surface area (Å²) in [6.07, 6.45) is 6.85. The van der Waals surface area contributed by atoms with Crippen LogP contribution in [0.25, 0.3) is 0 Å². The van der Waals surface area contributed by atoms with Gasteiger partial charge in [0, 0.05) is 12.8 Å². The Morgan fingerprint density at radius 2 is 2.08 bits per heavy atom. The molecule has 0 spiro atoms. The highest BCUT2D eigenvalue weighted by Crippen LogP contribution is 1.94. The maximum atomic E-state index is 10.3. The summed E-state index contributed by atoms with van der Waals surface area (Å²) < 4.78 is 4.75. The lowest BCUT2D eigenvalue weighted by molar-refractivity contribution is -0.141. The highest BCUT2D eigenvalue weighted by atomic mass is 35.5. The Morgan fingerprint density at radius 3 is 2.67 bits per heavy atom. The van der Waals surface area contributed by atoms with Crippen molar-refractivity contribution in [2.24, 2.45) is 0 Å². The van der Waals surface area contributed by atoms with Gasteiger partial charge >= 0.3 is 5.97 Å². The summed E-state index contributed by atoms with van der Waals surface area (Å²) in [6, 6.07) is 0. The number of carbonyl (C=O) groups excluding carboxylic acids is 1. The van der Waals surface area contributed by atoms with Crippen LogP contribution in [0.5, 0.6) is 0 Å². The number of halogens is 1. The summed E-state index contributed by atoms with van der Waals surface area (Å²) in [5.41, 5.74) is 0. The van der Waals surface area contributed by atoms with Crippen LogP contribution in [0.15, 0.2) is 12.2 Å². The second-order valence-electron chi connectivity index (χ2n) is 2.43. The van der Waals surface area contributed by atoms with Crippen molar-refractivity contribution in [3.05, 3.63) is 12.2 Å². The fourth-order valence-corrected chi connectivity index (χ4v) is 0.842. The first-order chi connectivity index (χ1) is 5.77. The minimum absolute atomic E-state index is 0.209. The molecule has 0 bridgehead atoms. The zero-order chi connectivity index (χ0) is 9.23. The van der Waals surface area contributed by atoms with Crippen molar-refractivity contribution in [1.29, 1.82) is 0 Å². The van der Waals surface area contributed by atoms with Gasteiger partial charge in [0.2, 0.25) is 0 Å². The third-order valence-electron chi connectivity index (χ3n) is 1.26. The molecule has 0 fully saturated rings. The summed E-state index contributed by atoms with van der Waals surface area (Å²) in [6.45, 7) is 1.93. The number of unbranched alkanes of at least 4 members (excludes halogenated alkanes) is 1. The molecule has 0 aromatic heterocycles. The molecule has 0 saturated heterocycles. The van der Waals surface area contributed by atoms with Crippen molar-refractivity contribution in [3.63, 3.8) is 0 Å². The molecule has 0 rings (SSSR count). The summed E-state index contributed by atoms with van der Waals surface area (Å²) in [4.78, 5) is 10.3. The highest BCUT2D eigenvalue weighted by molar-refractivity contribution is 6.17. The molecule has 0 aliphatic rings. The Morgan fingerprint density at radius 1 is 1.42 bits per heavy atom. The van der Waals surface area contributed by atoms with E-state index in [4.69, 9.17) is 16.3 Å². The number of rotatable bonds is 6. The number of carbonyl (C=O) groups is 1. The Labute approximate surface area is 78.5 Å². The highest BCUT2D eigenvalue weighted by Gasteiger charge is 1.89. The predicted octanol–water partition coefficient (Wildman–Crippen LogP) is 2.51. The zero-order valence-corrected chi connectivity index (χ0v) is 8.14. The Bertz CT molecular complexity index is 143. The van der Waals surface area contributed by atoms with Crippen LogP contribution in [0, 0.1) is 0 Å². The second-order valence-corrected chi connectivity index (χ2v) is 2.81. The van der Waals surface area contributed by atoms with E-state index in [1.807, 2.05) is 6.08 Å². The van der Waals surface area contributed by atoms with Crippen molar-refractivity contribution < 1.29 is 9.53 Å². The SMILES string of the molecule is CC(=O)OCCC/C=C\CCCl. The average molecular weight is 191 g/mol. The van der Waals surface area contributed by atoms with Crippen LogP contribution in [0.4, 0.5) is 0 Å². The van der Waals surface area contributed by atoms with E-state index in [1.165, 1.54) is 6.92 Å². The van der Waals surface area contributed by atoms with Crippen molar-refractivity contribution in [1.82, 2.24) is 0 Å². The molecular weight excluding hydrogens is 176 g/mol. The first kappa shape index (κ1) is 11.5. The number of esters is 1. The van der Waals surface area contributed by atoms with E-state index in [1.54, 1.807) is 0 Å². The molecule has 2 nitrogen and oxygen atoms in total. The maximum absolute atomic E-state index is 10.3. The van der Waals surface area contributed by atoms with E-state index in [9.17, 15) is 4.79 Å². The smallest absolute Gasteiger partial charge is 0.302 e. The van der Waals surface area contributed by atoms with E-state index < -0.39 is 0 Å². The molecule has 0 N–H and O–H groups in total. The Hall–Kier alpha value is -0.500. The lowest BCUT2D eigenvalue weighted by Gasteiger charge is -1.97. The summed E-state index contributed by atoms with van der Waals surface area (Å²) in [7, 11) is 0. The first-order valence-electron chi connectivity index (χ1n) is 4.11. The molecule has 70 valence electrons. The van der Waals surface area contributed by atoms with Crippen LogP contribution < -0.4 is 0 Å². The van der Waals surface area contributed by atoms with Crippen molar-refractivity contribution in [3.8, 4) is 0 Å². The molecule has 0 heterocycles. The molecular formula is C9H15ClO2. The molecule has 0 aliphatic carbocycles. The summed E-state index contributed by atoms with van der Waals surface area (Å²) in [5, 5.41) is 0. The minimum Gasteiger partial charge on any atom is -0.466 e. The van der Waals surface area contributed by atoms with Gasteiger partial charge in [0.25, 0.3) is 0 Å². The predicted molar refractivity (Wildman–Crippen MR) is 50.3 cm³/mol. The van der Waals surface area contributed by atoms with Crippen molar-refractivity contribution >= 4 is 17.6 Å². The van der Waals surface area contributed by atoms with Crippen LogP contribution >= 0.6 is 11.6 Å². The van der Waals surface area contributed by atoms with E-state index in [2.05, 4.69) is 6.08 Å².